The van der Waals surface area contributed by atoms with Gasteiger partial charge in [0.05, 0.1) is 0 Å². The Morgan fingerprint density at radius 3 is 1.36 bits per heavy atom. The molecule has 0 unspecified atom stereocenters. The molecule has 0 bridgehead atoms. The predicted octanol–water partition coefficient (Wildman–Crippen LogP) is 9.73. The molecule has 0 radical (unpaired) electrons. The molecule has 1 aliphatic rings. The van der Waals surface area contributed by atoms with Crippen LogP contribution in [0.2, 0.25) is 5.02 Å². The molecule has 1 fully saturated rings. The Morgan fingerprint density at radius 2 is 0.944 bits per heavy atom. The van der Waals surface area contributed by atoms with Crippen LogP contribution in [0.25, 0.3) is 0 Å². The van der Waals surface area contributed by atoms with Crippen LogP contribution < -0.4 is 0 Å². The van der Waals surface area contributed by atoms with E-state index >= 15 is 0 Å². The van der Waals surface area contributed by atoms with Crippen molar-refractivity contribution in [2.24, 2.45) is 11.8 Å². The van der Waals surface area contributed by atoms with Gasteiger partial charge in [0.15, 0.2) is 0 Å². The van der Waals surface area contributed by atoms with Crippen LogP contribution in [0.3, 0.4) is 0 Å². The predicted molar refractivity (Wildman–Crippen MR) is 148 cm³/mol. The van der Waals surface area contributed by atoms with Crippen molar-refractivity contribution in [3.05, 3.63) is 105 Å². The highest BCUT2D eigenvalue weighted by Gasteiger charge is 2.21. The van der Waals surface area contributed by atoms with E-state index in [1.54, 1.807) is 0 Å². The zero-order chi connectivity index (χ0) is 25.3. The highest BCUT2D eigenvalue weighted by Crippen LogP contribution is 2.34. The Bertz CT molecular complexity index is 1060. The zero-order valence-corrected chi connectivity index (χ0v) is 22.3. The van der Waals surface area contributed by atoms with Gasteiger partial charge in [-0.05, 0) is 96.7 Å². The van der Waals surface area contributed by atoms with Crippen molar-refractivity contribution in [2.75, 3.05) is 0 Å². The van der Waals surface area contributed by atoms with Gasteiger partial charge in [0, 0.05) is 0 Å². The average molecular weight is 509 g/mol. The topological polar surface area (TPSA) is 0 Å². The Labute approximate surface area is 221 Å². The lowest BCUT2D eigenvalue weighted by Gasteiger charge is -2.28. The van der Waals surface area contributed by atoms with Crippen LogP contribution in [0, 0.1) is 23.5 Å². The summed E-state index contributed by atoms with van der Waals surface area (Å²) < 4.78 is 27.3. The molecule has 0 aromatic heterocycles. The van der Waals surface area contributed by atoms with Gasteiger partial charge in [-0.3, -0.25) is 0 Å². The van der Waals surface area contributed by atoms with Gasteiger partial charge in [-0.1, -0.05) is 99.2 Å². The van der Waals surface area contributed by atoms with Crippen LogP contribution in [0.1, 0.15) is 79.7 Å². The lowest BCUT2D eigenvalue weighted by Crippen LogP contribution is -2.15. The average Bonchev–Trinajstić information content (AvgIpc) is 2.90. The van der Waals surface area contributed by atoms with Gasteiger partial charge in [0.1, 0.15) is 16.7 Å². The van der Waals surface area contributed by atoms with E-state index in [1.165, 1.54) is 92.2 Å². The van der Waals surface area contributed by atoms with Gasteiger partial charge < -0.3 is 0 Å². The third-order valence-corrected chi connectivity index (χ3v) is 8.34. The molecule has 3 aromatic rings. The largest absolute Gasteiger partial charge is 0.205 e. The molecule has 1 aliphatic carbocycles. The number of hydrogen-bond acceptors (Lipinski definition) is 0. The minimum absolute atomic E-state index is 0.426. The summed E-state index contributed by atoms with van der Waals surface area (Å²) >= 11 is 5.58. The van der Waals surface area contributed by atoms with E-state index in [9.17, 15) is 8.78 Å². The first-order valence-electron chi connectivity index (χ1n) is 13.8. The second-order valence-electron chi connectivity index (χ2n) is 10.7. The van der Waals surface area contributed by atoms with E-state index in [0.717, 1.165) is 24.7 Å². The third-order valence-electron chi connectivity index (χ3n) is 7.98. The Hall–Kier alpha value is -2.19. The fraction of sp³-hybridized carbons (Fsp3) is 0.455. The van der Waals surface area contributed by atoms with Gasteiger partial charge >= 0.3 is 0 Å². The summed E-state index contributed by atoms with van der Waals surface area (Å²) in [6.45, 7) is 2.24. The molecule has 3 heteroatoms. The summed E-state index contributed by atoms with van der Waals surface area (Å²) in [5.74, 6) is 0.365. The maximum Gasteiger partial charge on any atom is 0.145 e. The number of benzene rings is 3. The van der Waals surface area contributed by atoms with E-state index in [-0.39, 0.29) is 0 Å². The first-order valence-corrected chi connectivity index (χ1v) is 14.2. The summed E-state index contributed by atoms with van der Waals surface area (Å²) in [4.78, 5) is 0. The van der Waals surface area contributed by atoms with E-state index < -0.39 is 16.7 Å². The van der Waals surface area contributed by atoms with Crippen LogP contribution in [-0.2, 0) is 32.1 Å². The van der Waals surface area contributed by atoms with Crippen molar-refractivity contribution in [1.29, 1.82) is 0 Å². The van der Waals surface area contributed by atoms with Gasteiger partial charge in [-0.2, -0.15) is 0 Å². The Kier molecular flexibility index (Phi) is 9.98. The van der Waals surface area contributed by atoms with Crippen molar-refractivity contribution in [1.82, 2.24) is 0 Å². The lowest BCUT2D eigenvalue weighted by atomic mass is 9.77. The summed E-state index contributed by atoms with van der Waals surface area (Å²) in [5.41, 5.74) is 6.17. The summed E-state index contributed by atoms with van der Waals surface area (Å²) in [7, 11) is 0. The van der Waals surface area contributed by atoms with Crippen LogP contribution in [0.4, 0.5) is 8.78 Å². The zero-order valence-electron chi connectivity index (χ0n) is 21.5. The molecule has 0 N–H and O–H groups in total. The molecule has 0 nitrogen and oxygen atoms in total. The van der Waals surface area contributed by atoms with E-state index in [0.29, 0.717) is 12.0 Å². The number of rotatable bonds is 11. The first-order chi connectivity index (χ1) is 17.5. The SMILES string of the molecule is CCCc1ccc(CCC2CCC(CCc3ccc(CCc4cc(F)c(Cl)c(F)c4)cc3)CC2)cc1. The molecule has 1 saturated carbocycles. The fourth-order valence-corrected chi connectivity index (χ4v) is 5.73. The van der Waals surface area contributed by atoms with Gasteiger partial charge in [-0.25, -0.2) is 8.78 Å². The van der Waals surface area contributed by atoms with E-state index in [1.807, 2.05) is 0 Å². The van der Waals surface area contributed by atoms with E-state index in [4.69, 9.17) is 11.6 Å². The Morgan fingerprint density at radius 1 is 0.583 bits per heavy atom. The molecule has 4 rings (SSSR count). The summed E-state index contributed by atoms with van der Waals surface area (Å²) in [6, 6.07) is 20.7. The highest BCUT2D eigenvalue weighted by molar-refractivity contribution is 6.30. The van der Waals surface area contributed by atoms with Crippen LogP contribution in [0.5, 0.6) is 0 Å². The standard InChI is InChI=1S/C33H39ClF2/c1-2-3-24-4-6-25(7-5-24)8-9-26-10-12-27(13-11-26)14-15-28-16-18-29(19-17-28)20-21-30-22-31(35)33(34)32(36)23-30/h4-7,16-19,22-23,26-27H,2-3,8-15,20-21H2,1H3. The van der Waals surface area contributed by atoms with Crippen LogP contribution in [0.15, 0.2) is 60.7 Å². The highest BCUT2D eigenvalue weighted by atomic mass is 35.5. The quantitative estimate of drug-likeness (QED) is 0.226. The summed E-state index contributed by atoms with van der Waals surface area (Å²) in [5, 5.41) is -0.426. The maximum atomic E-state index is 13.6. The van der Waals surface area contributed by atoms with Gasteiger partial charge in [0.2, 0.25) is 0 Å². The van der Waals surface area contributed by atoms with Crippen LogP contribution >= 0.6 is 11.6 Å². The fourth-order valence-electron chi connectivity index (χ4n) is 5.63. The van der Waals surface area contributed by atoms with E-state index in [2.05, 4.69) is 55.5 Å². The van der Waals surface area contributed by atoms with Crippen molar-refractivity contribution >= 4 is 11.6 Å². The molecule has 0 spiro atoms. The van der Waals surface area contributed by atoms with Crippen molar-refractivity contribution in [3.8, 4) is 0 Å². The van der Waals surface area contributed by atoms with Gasteiger partial charge in [0.25, 0.3) is 0 Å². The van der Waals surface area contributed by atoms with Crippen molar-refractivity contribution < 1.29 is 8.78 Å². The van der Waals surface area contributed by atoms with Gasteiger partial charge in [-0.15, -0.1) is 0 Å². The monoisotopic (exact) mass is 508 g/mol. The van der Waals surface area contributed by atoms with Crippen molar-refractivity contribution in [3.63, 3.8) is 0 Å². The molecule has 3 aromatic carbocycles. The molecule has 0 saturated heterocycles. The second kappa shape index (κ2) is 13.4. The molecular weight excluding hydrogens is 470 g/mol. The number of aryl methyl sites for hydroxylation is 5. The molecule has 192 valence electrons. The molecule has 0 heterocycles. The normalized spacial score (nSPS) is 17.9. The van der Waals surface area contributed by atoms with Crippen LogP contribution in [-0.4, -0.2) is 0 Å². The maximum absolute atomic E-state index is 13.6. The molecule has 0 atom stereocenters. The second-order valence-corrected chi connectivity index (χ2v) is 11.1. The molecule has 36 heavy (non-hydrogen) atoms. The molecule has 0 aliphatic heterocycles. The minimum Gasteiger partial charge on any atom is -0.205 e. The van der Waals surface area contributed by atoms with Crippen molar-refractivity contribution in [2.45, 2.75) is 84.0 Å². The smallest absolute Gasteiger partial charge is 0.145 e. The Balaban J connectivity index is 1.14. The number of halogens is 3. The third kappa shape index (κ3) is 7.90. The first kappa shape index (κ1) is 26.9. The number of hydrogen-bond donors (Lipinski definition) is 0. The minimum atomic E-state index is -0.687. The summed E-state index contributed by atoms with van der Waals surface area (Å²) in [6.07, 6.45) is 14.2. The molecular formula is C33H39ClF2. The molecule has 0 amide bonds. The lowest BCUT2D eigenvalue weighted by molar-refractivity contribution is 0.253.